The molecule has 0 bridgehead atoms. The molecule has 1 aliphatic carbocycles. The van der Waals surface area contributed by atoms with Crippen LogP contribution in [0.1, 0.15) is 37.3 Å². The number of carbonyl (C=O) groups is 2. The predicted octanol–water partition coefficient (Wildman–Crippen LogP) is 3.71. The van der Waals surface area contributed by atoms with Gasteiger partial charge in [0, 0.05) is 12.2 Å². The Balaban J connectivity index is 1.51. The molecular weight excluding hydrogens is 340 g/mol. The minimum absolute atomic E-state index is 0.0666. The van der Waals surface area contributed by atoms with Gasteiger partial charge >= 0.3 is 0 Å². The number of anilines is 1. The smallest absolute Gasteiger partial charge is 0.228 e. The van der Waals surface area contributed by atoms with E-state index >= 15 is 0 Å². The van der Waals surface area contributed by atoms with Gasteiger partial charge in [-0.3, -0.25) is 9.59 Å². The minimum atomic E-state index is -0.249. The number of amides is 2. The minimum Gasteiger partial charge on any atom is -0.497 e. The standard InChI is InChI=1S/C22H26N2O3/c1-14(2)17-6-4-5-7-20(17)24-22(26)19-12-18(19)21(25)23-13-15-8-10-16(27-3)11-9-15/h4-11,14,18-19H,12-13H2,1-3H3,(H,23,25)(H,24,26). The SMILES string of the molecule is COc1ccc(CNC(=O)C2CC2C(=O)Nc2ccccc2C(C)C)cc1. The molecular formula is C22H26N2O3. The van der Waals surface area contributed by atoms with Gasteiger partial charge in [0.15, 0.2) is 0 Å². The van der Waals surface area contributed by atoms with Crippen molar-refractivity contribution < 1.29 is 14.3 Å². The first-order chi connectivity index (χ1) is 13.0. The summed E-state index contributed by atoms with van der Waals surface area (Å²) in [6, 6.07) is 15.4. The Morgan fingerprint density at radius 3 is 2.37 bits per heavy atom. The van der Waals surface area contributed by atoms with Crippen molar-refractivity contribution in [3.05, 3.63) is 59.7 Å². The summed E-state index contributed by atoms with van der Waals surface area (Å²) < 4.78 is 5.12. The van der Waals surface area contributed by atoms with Crippen LogP contribution in [-0.2, 0) is 16.1 Å². The van der Waals surface area contributed by atoms with Crippen molar-refractivity contribution in [3.63, 3.8) is 0 Å². The summed E-state index contributed by atoms with van der Waals surface area (Å²) in [6.45, 7) is 4.64. The molecule has 0 saturated heterocycles. The van der Waals surface area contributed by atoms with Crippen molar-refractivity contribution in [3.8, 4) is 5.75 Å². The molecule has 0 aliphatic heterocycles. The van der Waals surface area contributed by atoms with Crippen LogP contribution < -0.4 is 15.4 Å². The van der Waals surface area contributed by atoms with Crippen LogP contribution in [0.3, 0.4) is 0 Å². The molecule has 2 aromatic carbocycles. The van der Waals surface area contributed by atoms with Crippen molar-refractivity contribution in [2.24, 2.45) is 11.8 Å². The molecule has 5 nitrogen and oxygen atoms in total. The molecule has 27 heavy (non-hydrogen) atoms. The quantitative estimate of drug-likeness (QED) is 0.785. The first-order valence-electron chi connectivity index (χ1n) is 9.30. The van der Waals surface area contributed by atoms with Crippen LogP contribution in [0.4, 0.5) is 5.69 Å². The molecule has 1 fully saturated rings. The largest absolute Gasteiger partial charge is 0.497 e. The summed E-state index contributed by atoms with van der Waals surface area (Å²) in [7, 11) is 1.62. The lowest BCUT2D eigenvalue weighted by Gasteiger charge is -2.13. The number of ether oxygens (including phenoxy) is 1. The summed E-state index contributed by atoms with van der Waals surface area (Å²) in [5.74, 6) is 0.473. The Labute approximate surface area is 160 Å². The van der Waals surface area contributed by atoms with Gasteiger partial charge in [-0.05, 0) is 41.7 Å². The topological polar surface area (TPSA) is 67.4 Å². The third-order valence-corrected chi connectivity index (χ3v) is 4.93. The van der Waals surface area contributed by atoms with Gasteiger partial charge < -0.3 is 15.4 Å². The van der Waals surface area contributed by atoms with Crippen LogP contribution in [0, 0.1) is 11.8 Å². The van der Waals surface area contributed by atoms with E-state index < -0.39 is 0 Å². The molecule has 5 heteroatoms. The highest BCUT2D eigenvalue weighted by atomic mass is 16.5. The van der Waals surface area contributed by atoms with Crippen molar-refractivity contribution in [1.82, 2.24) is 5.32 Å². The van der Waals surface area contributed by atoms with Gasteiger partial charge in [0.25, 0.3) is 0 Å². The molecule has 3 rings (SSSR count). The van der Waals surface area contributed by atoms with E-state index in [1.807, 2.05) is 48.5 Å². The fourth-order valence-electron chi connectivity index (χ4n) is 3.18. The van der Waals surface area contributed by atoms with E-state index in [0.717, 1.165) is 22.6 Å². The van der Waals surface area contributed by atoms with E-state index in [1.165, 1.54) is 0 Å². The molecule has 142 valence electrons. The highest BCUT2D eigenvalue weighted by Crippen LogP contribution is 2.40. The number of methoxy groups -OCH3 is 1. The Bertz CT molecular complexity index is 815. The normalized spacial score (nSPS) is 18.1. The van der Waals surface area contributed by atoms with E-state index in [4.69, 9.17) is 4.74 Å². The second-order valence-electron chi connectivity index (χ2n) is 7.25. The fourth-order valence-corrected chi connectivity index (χ4v) is 3.18. The summed E-state index contributed by atoms with van der Waals surface area (Å²) in [5.41, 5.74) is 2.94. The third kappa shape index (κ3) is 4.67. The second-order valence-corrected chi connectivity index (χ2v) is 7.25. The number of hydrogen-bond donors (Lipinski definition) is 2. The maximum Gasteiger partial charge on any atom is 0.228 e. The molecule has 2 amide bonds. The van der Waals surface area contributed by atoms with Crippen LogP contribution in [-0.4, -0.2) is 18.9 Å². The monoisotopic (exact) mass is 366 g/mol. The summed E-state index contributed by atoms with van der Waals surface area (Å²) >= 11 is 0. The van der Waals surface area contributed by atoms with E-state index in [9.17, 15) is 9.59 Å². The number of benzene rings is 2. The molecule has 0 radical (unpaired) electrons. The average molecular weight is 366 g/mol. The van der Waals surface area contributed by atoms with Crippen LogP contribution >= 0.6 is 0 Å². The lowest BCUT2D eigenvalue weighted by Crippen LogP contribution is -2.27. The Morgan fingerprint density at radius 2 is 1.70 bits per heavy atom. The highest BCUT2D eigenvalue weighted by Gasteiger charge is 2.48. The summed E-state index contributed by atoms with van der Waals surface area (Å²) in [6.07, 6.45) is 0.601. The molecule has 2 unspecified atom stereocenters. The zero-order valence-electron chi connectivity index (χ0n) is 16.0. The predicted molar refractivity (Wildman–Crippen MR) is 106 cm³/mol. The molecule has 2 aromatic rings. The van der Waals surface area contributed by atoms with Gasteiger partial charge in [-0.15, -0.1) is 0 Å². The highest BCUT2D eigenvalue weighted by molar-refractivity contribution is 6.00. The zero-order valence-corrected chi connectivity index (χ0v) is 16.0. The molecule has 1 aliphatic rings. The van der Waals surface area contributed by atoms with Crippen molar-refractivity contribution >= 4 is 17.5 Å². The second kappa shape index (κ2) is 8.25. The number of carbonyl (C=O) groups excluding carboxylic acids is 2. The van der Waals surface area contributed by atoms with E-state index in [0.29, 0.717) is 18.9 Å². The molecule has 2 atom stereocenters. The lowest BCUT2D eigenvalue weighted by atomic mass is 10.0. The molecule has 1 saturated carbocycles. The van der Waals surface area contributed by atoms with Gasteiger partial charge in [0.05, 0.1) is 18.9 Å². The average Bonchev–Trinajstić information content (AvgIpc) is 3.48. The van der Waals surface area contributed by atoms with Crippen molar-refractivity contribution in [1.29, 1.82) is 0 Å². The van der Waals surface area contributed by atoms with Gasteiger partial charge in [-0.1, -0.05) is 44.2 Å². The third-order valence-electron chi connectivity index (χ3n) is 4.93. The van der Waals surface area contributed by atoms with Gasteiger partial charge in [0.1, 0.15) is 5.75 Å². The first-order valence-corrected chi connectivity index (χ1v) is 9.30. The summed E-state index contributed by atoms with van der Waals surface area (Å²) in [4.78, 5) is 24.8. The molecule has 0 heterocycles. The van der Waals surface area contributed by atoms with Crippen LogP contribution in [0.5, 0.6) is 5.75 Å². The van der Waals surface area contributed by atoms with Crippen LogP contribution in [0.25, 0.3) is 0 Å². The Morgan fingerprint density at radius 1 is 1.04 bits per heavy atom. The van der Waals surface area contributed by atoms with Gasteiger partial charge in [-0.25, -0.2) is 0 Å². The van der Waals surface area contributed by atoms with E-state index in [2.05, 4.69) is 24.5 Å². The number of rotatable bonds is 7. The molecule has 0 spiro atoms. The first kappa shape index (κ1) is 19.0. The van der Waals surface area contributed by atoms with Gasteiger partial charge in [-0.2, -0.15) is 0 Å². The molecule has 2 N–H and O–H groups in total. The van der Waals surface area contributed by atoms with Crippen LogP contribution in [0.15, 0.2) is 48.5 Å². The maximum atomic E-state index is 12.5. The fraction of sp³-hybridized carbons (Fsp3) is 0.364. The van der Waals surface area contributed by atoms with Gasteiger partial charge in [0.2, 0.25) is 11.8 Å². The Kier molecular flexibility index (Phi) is 5.79. The maximum absolute atomic E-state index is 12.5. The zero-order chi connectivity index (χ0) is 19.4. The lowest BCUT2D eigenvalue weighted by molar-refractivity contribution is -0.125. The number of hydrogen-bond acceptors (Lipinski definition) is 3. The number of nitrogens with one attached hydrogen (secondary N) is 2. The van der Waals surface area contributed by atoms with E-state index in [1.54, 1.807) is 7.11 Å². The molecule has 0 aromatic heterocycles. The summed E-state index contributed by atoms with van der Waals surface area (Å²) in [5, 5.41) is 5.91. The van der Waals surface area contributed by atoms with Crippen molar-refractivity contribution in [2.45, 2.75) is 32.7 Å². The van der Waals surface area contributed by atoms with E-state index in [-0.39, 0.29) is 23.7 Å². The van der Waals surface area contributed by atoms with Crippen LogP contribution in [0.2, 0.25) is 0 Å². The van der Waals surface area contributed by atoms with Crippen molar-refractivity contribution in [2.75, 3.05) is 12.4 Å². The number of para-hydroxylation sites is 1. The Hall–Kier alpha value is -2.82.